The van der Waals surface area contributed by atoms with Crippen molar-refractivity contribution in [2.45, 2.75) is 64.7 Å². The normalized spacial score (nSPS) is 23.3. The highest BCUT2D eigenvalue weighted by atomic mass is 19.1. The molecule has 0 spiro atoms. The van der Waals surface area contributed by atoms with E-state index in [1.807, 2.05) is 6.07 Å². The molecule has 1 saturated carbocycles. The first-order valence-corrected chi connectivity index (χ1v) is 11.8. The van der Waals surface area contributed by atoms with E-state index in [1.54, 1.807) is 12.1 Å². The average molecular weight is 419 g/mol. The van der Waals surface area contributed by atoms with E-state index in [4.69, 9.17) is 0 Å². The second-order valence-corrected chi connectivity index (χ2v) is 9.25. The standard InChI is InChI=1S/C29H32F2/c1-2-3-4-5-21-6-11-23(12-7-21)25-16-19-28-26(20-25)15-14-24(29(28)31)13-8-22-9-17-27(30)18-10-22/h2-3,9-10,14-15,17-18,21,23,25H,4-7,11-12,16,19-20H2,1H3/b3-2+. The summed E-state index contributed by atoms with van der Waals surface area (Å²) in [7, 11) is 0. The van der Waals surface area contributed by atoms with Gasteiger partial charge in [-0.25, -0.2) is 8.78 Å². The number of allylic oxidation sites excluding steroid dienone is 2. The summed E-state index contributed by atoms with van der Waals surface area (Å²) in [6.45, 7) is 2.10. The number of rotatable bonds is 4. The van der Waals surface area contributed by atoms with Crippen LogP contribution in [-0.2, 0) is 12.8 Å². The van der Waals surface area contributed by atoms with Gasteiger partial charge in [0.25, 0.3) is 0 Å². The third-order valence-corrected chi connectivity index (χ3v) is 7.31. The highest BCUT2D eigenvalue weighted by Gasteiger charge is 2.31. The molecule has 1 fully saturated rings. The third kappa shape index (κ3) is 5.45. The van der Waals surface area contributed by atoms with Gasteiger partial charge < -0.3 is 0 Å². The van der Waals surface area contributed by atoms with Crippen LogP contribution < -0.4 is 0 Å². The summed E-state index contributed by atoms with van der Waals surface area (Å²) < 4.78 is 28.2. The van der Waals surface area contributed by atoms with Crippen molar-refractivity contribution in [2.75, 3.05) is 0 Å². The molecule has 0 radical (unpaired) electrons. The Labute approximate surface area is 185 Å². The molecule has 0 nitrogen and oxygen atoms in total. The first kappa shape index (κ1) is 21.8. The van der Waals surface area contributed by atoms with Gasteiger partial charge in [0, 0.05) is 5.56 Å². The first-order chi connectivity index (χ1) is 15.1. The maximum Gasteiger partial charge on any atom is 0.142 e. The molecule has 0 bridgehead atoms. The summed E-state index contributed by atoms with van der Waals surface area (Å²) >= 11 is 0. The Morgan fingerprint density at radius 3 is 2.42 bits per heavy atom. The third-order valence-electron chi connectivity index (χ3n) is 7.31. The quantitative estimate of drug-likeness (QED) is 0.354. The summed E-state index contributed by atoms with van der Waals surface area (Å²) in [5.74, 6) is 7.84. The van der Waals surface area contributed by atoms with E-state index in [-0.39, 0.29) is 11.6 Å². The van der Waals surface area contributed by atoms with Crippen molar-refractivity contribution in [3.8, 4) is 11.8 Å². The second-order valence-electron chi connectivity index (χ2n) is 9.25. The van der Waals surface area contributed by atoms with Gasteiger partial charge in [-0.2, -0.15) is 0 Å². The lowest BCUT2D eigenvalue weighted by molar-refractivity contribution is 0.184. The summed E-state index contributed by atoms with van der Waals surface area (Å²) in [5, 5.41) is 0. The monoisotopic (exact) mass is 418 g/mol. The van der Waals surface area contributed by atoms with Gasteiger partial charge in [-0.3, -0.25) is 0 Å². The molecule has 1 atom stereocenters. The van der Waals surface area contributed by atoms with Gasteiger partial charge in [0.1, 0.15) is 11.6 Å². The minimum absolute atomic E-state index is 0.154. The zero-order valence-corrected chi connectivity index (χ0v) is 18.5. The first-order valence-electron chi connectivity index (χ1n) is 11.8. The highest BCUT2D eigenvalue weighted by molar-refractivity contribution is 5.47. The minimum atomic E-state index is -0.290. The largest absolute Gasteiger partial charge is 0.207 e. The summed E-state index contributed by atoms with van der Waals surface area (Å²) in [6, 6.07) is 9.91. The van der Waals surface area contributed by atoms with Crippen molar-refractivity contribution in [1.82, 2.24) is 0 Å². The molecule has 0 aromatic heterocycles. The van der Waals surface area contributed by atoms with Gasteiger partial charge in [0.15, 0.2) is 0 Å². The van der Waals surface area contributed by atoms with Crippen LogP contribution in [-0.4, -0.2) is 0 Å². The van der Waals surface area contributed by atoms with Crippen molar-refractivity contribution >= 4 is 0 Å². The van der Waals surface area contributed by atoms with Crippen LogP contribution in [0.2, 0.25) is 0 Å². The van der Waals surface area contributed by atoms with Gasteiger partial charge in [0.05, 0.1) is 5.56 Å². The molecule has 0 saturated heterocycles. The van der Waals surface area contributed by atoms with Gasteiger partial charge in [0.2, 0.25) is 0 Å². The molecule has 2 aliphatic rings. The molecule has 0 heterocycles. The molecule has 2 heteroatoms. The maximum absolute atomic E-state index is 15.1. The van der Waals surface area contributed by atoms with Crippen molar-refractivity contribution in [1.29, 1.82) is 0 Å². The SMILES string of the molecule is C/C=C/CCC1CCC(C2CCc3c(ccc(C#Cc4ccc(F)cc4)c3F)C2)CC1. The van der Waals surface area contributed by atoms with Gasteiger partial charge in [-0.05, 0) is 111 Å². The van der Waals surface area contributed by atoms with E-state index in [2.05, 4.69) is 37.0 Å². The smallest absolute Gasteiger partial charge is 0.142 e. The molecule has 1 unspecified atom stereocenters. The lowest BCUT2D eigenvalue weighted by Gasteiger charge is -2.36. The van der Waals surface area contributed by atoms with E-state index in [1.165, 1.54) is 56.2 Å². The highest BCUT2D eigenvalue weighted by Crippen LogP contribution is 2.41. The minimum Gasteiger partial charge on any atom is -0.207 e. The molecule has 2 aromatic carbocycles. The van der Waals surface area contributed by atoms with Crippen molar-refractivity contribution in [2.24, 2.45) is 17.8 Å². The van der Waals surface area contributed by atoms with Crippen LogP contribution in [0.5, 0.6) is 0 Å². The molecule has 2 aliphatic carbocycles. The lowest BCUT2D eigenvalue weighted by atomic mass is 9.69. The fourth-order valence-corrected chi connectivity index (χ4v) is 5.46. The summed E-state index contributed by atoms with van der Waals surface area (Å²) in [5.41, 5.74) is 3.18. The summed E-state index contributed by atoms with van der Waals surface area (Å²) in [6.07, 6.45) is 15.3. The van der Waals surface area contributed by atoms with Crippen LogP contribution >= 0.6 is 0 Å². The van der Waals surface area contributed by atoms with E-state index in [9.17, 15) is 4.39 Å². The number of fused-ring (bicyclic) bond motifs is 1. The zero-order chi connectivity index (χ0) is 21.6. The predicted molar refractivity (Wildman–Crippen MR) is 124 cm³/mol. The molecular formula is C29H32F2. The molecule has 162 valence electrons. The van der Waals surface area contributed by atoms with Crippen LogP contribution in [0, 0.1) is 41.2 Å². The molecule has 2 aromatic rings. The number of hydrogen-bond donors (Lipinski definition) is 0. The fourth-order valence-electron chi connectivity index (χ4n) is 5.46. The zero-order valence-electron chi connectivity index (χ0n) is 18.5. The topological polar surface area (TPSA) is 0 Å². The Morgan fingerprint density at radius 2 is 1.68 bits per heavy atom. The predicted octanol–water partition coefficient (Wildman–Crippen LogP) is 7.63. The van der Waals surface area contributed by atoms with Gasteiger partial charge in [-0.1, -0.05) is 42.9 Å². The Morgan fingerprint density at radius 1 is 0.903 bits per heavy atom. The van der Waals surface area contributed by atoms with Crippen LogP contribution in [0.4, 0.5) is 8.78 Å². The lowest BCUT2D eigenvalue weighted by Crippen LogP contribution is -2.27. The van der Waals surface area contributed by atoms with Gasteiger partial charge >= 0.3 is 0 Å². The Hall–Kier alpha value is -2.40. The van der Waals surface area contributed by atoms with Crippen LogP contribution in [0.15, 0.2) is 48.6 Å². The van der Waals surface area contributed by atoms with E-state index < -0.39 is 0 Å². The fraction of sp³-hybridized carbons (Fsp3) is 0.448. The number of benzene rings is 2. The average Bonchev–Trinajstić information content (AvgIpc) is 2.80. The number of halogens is 2. The Kier molecular flexibility index (Phi) is 7.23. The molecular weight excluding hydrogens is 386 g/mol. The Bertz CT molecular complexity index is 966. The molecule has 0 N–H and O–H groups in total. The molecule has 31 heavy (non-hydrogen) atoms. The summed E-state index contributed by atoms with van der Waals surface area (Å²) in [4.78, 5) is 0. The molecule has 0 amide bonds. The molecule has 4 rings (SSSR count). The second kappa shape index (κ2) is 10.3. The van der Waals surface area contributed by atoms with E-state index >= 15 is 4.39 Å². The van der Waals surface area contributed by atoms with Crippen molar-refractivity contribution in [3.05, 3.63) is 82.4 Å². The molecule has 0 aliphatic heterocycles. The van der Waals surface area contributed by atoms with Crippen molar-refractivity contribution in [3.63, 3.8) is 0 Å². The maximum atomic E-state index is 15.1. The van der Waals surface area contributed by atoms with E-state index in [0.717, 1.165) is 36.7 Å². The Balaban J connectivity index is 1.38. The van der Waals surface area contributed by atoms with Crippen LogP contribution in [0.3, 0.4) is 0 Å². The van der Waals surface area contributed by atoms with E-state index in [0.29, 0.717) is 17.0 Å². The number of hydrogen-bond acceptors (Lipinski definition) is 0. The van der Waals surface area contributed by atoms with Crippen LogP contribution in [0.1, 0.15) is 74.1 Å². The van der Waals surface area contributed by atoms with Crippen LogP contribution in [0.25, 0.3) is 0 Å². The van der Waals surface area contributed by atoms with Gasteiger partial charge in [-0.15, -0.1) is 0 Å². The van der Waals surface area contributed by atoms with Crippen molar-refractivity contribution < 1.29 is 8.78 Å².